The van der Waals surface area contributed by atoms with Gasteiger partial charge in [-0.3, -0.25) is 9.67 Å². The minimum atomic E-state index is 0. The van der Waals surface area contributed by atoms with Crippen LogP contribution in [0.5, 0.6) is 0 Å². The van der Waals surface area contributed by atoms with E-state index in [2.05, 4.69) is 62.9 Å². The quantitative estimate of drug-likeness (QED) is 0.256. The molecule has 0 radical (unpaired) electrons. The first kappa shape index (κ1) is 22.3. The molecule has 6 nitrogen and oxygen atoms in total. The van der Waals surface area contributed by atoms with Crippen LogP contribution in [-0.4, -0.2) is 49.0 Å². The second-order valence-electron chi connectivity index (χ2n) is 5.98. The molecule has 2 N–H and O–H groups in total. The molecular formula is C19H31IN6. The molecule has 2 aromatic rings. The molecule has 2 rings (SSSR count). The summed E-state index contributed by atoms with van der Waals surface area (Å²) in [5, 5.41) is 11.0. The second-order valence-corrected chi connectivity index (χ2v) is 5.98. The van der Waals surface area contributed by atoms with Crippen LogP contribution in [-0.2, 0) is 6.54 Å². The summed E-state index contributed by atoms with van der Waals surface area (Å²) in [5.41, 5.74) is 2.46. The monoisotopic (exact) mass is 470 g/mol. The number of aliphatic imine (C=N–C) groups is 1. The van der Waals surface area contributed by atoms with E-state index < -0.39 is 0 Å². The fourth-order valence-electron chi connectivity index (χ4n) is 2.68. The number of halogens is 1. The molecule has 0 saturated carbocycles. The predicted octanol–water partition coefficient (Wildman–Crippen LogP) is 2.89. The third kappa shape index (κ3) is 7.63. The maximum absolute atomic E-state index is 4.28. The Morgan fingerprint density at radius 3 is 2.54 bits per heavy atom. The molecule has 0 spiro atoms. The summed E-state index contributed by atoms with van der Waals surface area (Å²) >= 11 is 0. The standard InChI is InChI=1S/C19H30N6.HI/c1-4-24(18-9-6-5-7-10-18)13-8-11-21-19(20-3)22-12-14-25-16-17(2)15-23-25;/h5-7,9-10,15-16H,4,8,11-14H2,1-3H3,(H2,20,21,22);1H. The average molecular weight is 470 g/mol. The van der Waals surface area contributed by atoms with Crippen molar-refractivity contribution in [3.05, 3.63) is 48.3 Å². The smallest absolute Gasteiger partial charge is 0.191 e. The zero-order valence-corrected chi connectivity index (χ0v) is 18.3. The van der Waals surface area contributed by atoms with E-state index in [1.54, 1.807) is 7.05 Å². The van der Waals surface area contributed by atoms with Crippen molar-refractivity contribution in [1.29, 1.82) is 0 Å². The molecular weight excluding hydrogens is 439 g/mol. The Balaban J connectivity index is 0.00000338. The zero-order chi connectivity index (χ0) is 17.9. The minimum Gasteiger partial charge on any atom is -0.372 e. The number of nitrogens with one attached hydrogen (secondary N) is 2. The van der Waals surface area contributed by atoms with Crippen molar-refractivity contribution in [2.45, 2.75) is 26.8 Å². The Kier molecular flexibility index (Phi) is 10.8. The number of para-hydroxylation sites is 1. The predicted molar refractivity (Wildman–Crippen MR) is 121 cm³/mol. The molecule has 0 aliphatic carbocycles. The first-order valence-corrected chi connectivity index (χ1v) is 8.96. The molecule has 0 aliphatic heterocycles. The van der Waals surface area contributed by atoms with E-state index in [-0.39, 0.29) is 24.0 Å². The van der Waals surface area contributed by atoms with Crippen LogP contribution < -0.4 is 15.5 Å². The van der Waals surface area contributed by atoms with E-state index in [0.29, 0.717) is 0 Å². The fourth-order valence-corrected chi connectivity index (χ4v) is 2.68. The third-order valence-corrected chi connectivity index (χ3v) is 4.02. The van der Waals surface area contributed by atoms with Gasteiger partial charge in [0, 0.05) is 45.1 Å². The van der Waals surface area contributed by atoms with E-state index in [0.717, 1.165) is 45.1 Å². The van der Waals surface area contributed by atoms with Gasteiger partial charge in [-0.2, -0.15) is 5.10 Å². The molecule has 144 valence electrons. The number of aryl methyl sites for hydroxylation is 1. The van der Waals surface area contributed by atoms with Crippen LogP contribution in [0.2, 0.25) is 0 Å². The van der Waals surface area contributed by atoms with Gasteiger partial charge >= 0.3 is 0 Å². The van der Waals surface area contributed by atoms with Crippen LogP contribution in [0, 0.1) is 6.92 Å². The molecule has 0 aliphatic rings. The number of benzene rings is 1. The van der Waals surface area contributed by atoms with E-state index >= 15 is 0 Å². The van der Waals surface area contributed by atoms with E-state index in [9.17, 15) is 0 Å². The van der Waals surface area contributed by atoms with Crippen molar-refractivity contribution in [2.24, 2.45) is 4.99 Å². The van der Waals surface area contributed by atoms with E-state index in [1.807, 2.05) is 24.0 Å². The Morgan fingerprint density at radius 2 is 1.92 bits per heavy atom. The van der Waals surface area contributed by atoms with Crippen LogP contribution in [0.25, 0.3) is 0 Å². The lowest BCUT2D eigenvalue weighted by Gasteiger charge is -2.23. The highest BCUT2D eigenvalue weighted by molar-refractivity contribution is 14.0. The van der Waals surface area contributed by atoms with Crippen LogP contribution in [0.4, 0.5) is 5.69 Å². The van der Waals surface area contributed by atoms with Gasteiger partial charge in [0.15, 0.2) is 5.96 Å². The van der Waals surface area contributed by atoms with Crippen molar-refractivity contribution in [2.75, 3.05) is 38.1 Å². The highest BCUT2D eigenvalue weighted by Crippen LogP contribution is 2.12. The molecule has 7 heteroatoms. The molecule has 0 fully saturated rings. The van der Waals surface area contributed by atoms with Crippen molar-refractivity contribution in [3.8, 4) is 0 Å². The van der Waals surface area contributed by atoms with Gasteiger partial charge in [0.1, 0.15) is 0 Å². The van der Waals surface area contributed by atoms with Crippen LogP contribution in [0.15, 0.2) is 47.7 Å². The number of hydrogen-bond acceptors (Lipinski definition) is 3. The molecule has 26 heavy (non-hydrogen) atoms. The van der Waals surface area contributed by atoms with Gasteiger partial charge < -0.3 is 15.5 Å². The lowest BCUT2D eigenvalue weighted by molar-refractivity contribution is 0.596. The molecule has 1 aromatic heterocycles. The van der Waals surface area contributed by atoms with Gasteiger partial charge in [-0.05, 0) is 38.0 Å². The minimum absolute atomic E-state index is 0. The summed E-state index contributed by atoms with van der Waals surface area (Å²) in [6.45, 7) is 8.80. The normalized spacial score (nSPS) is 11.0. The van der Waals surface area contributed by atoms with Crippen LogP contribution >= 0.6 is 24.0 Å². The van der Waals surface area contributed by atoms with Gasteiger partial charge in [-0.1, -0.05) is 18.2 Å². The number of hydrogen-bond donors (Lipinski definition) is 2. The fraction of sp³-hybridized carbons (Fsp3) is 0.474. The molecule has 0 unspecified atom stereocenters. The lowest BCUT2D eigenvalue weighted by atomic mass is 10.2. The van der Waals surface area contributed by atoms with Crippen LogP contribution in [0.1, 0.15) is 18.9 Å². The molecule has 0 bridgehead atoms. The number of nitrogens with zero attached hydrogens (tertiary/aromatic N) is 4. The maximum Gasteiger partial charge on any atom is 0.191 e. The highest BCUT2D eigenvalue weighted by Gasteiger charge is 2.03. The highest BCUT2D eigenvalue weighted by atomic mass is 127. The number of anilines is 1. The van der Waals surface area contributed by atoms with Crippen molar-refractivity contribution < 1.29 is 0 Å². The summed E-state index contributed by atoms with van der Waals surface area (Å²) in [4.78, 5) is 6.66. The maximum atomic E-state index is 4.28. The first-order chi connectivity index (χ1) is 12.2. The number of aromatic nitrogens is 2. The zero-order valence-electron chi connectivity index (χ0n) is 16.0. The third-order valence-electron chi connectivity index (χ3n) is 4.02. The number of guanidine groups is 1. The van der Waals surface area contributed by atoms with Crippen molar-refractivity contribution in [3.63, 3.8) is 0 Å². The van der Waals surface area contributed by atoms with Gasteiger partial charge in [0.25, 0.3) is 0 Å². The van der Waals surface area contributed by atoms with Gasteiger partial charge in [-0.25, -0.2) is 0 Å². The van der Waals surface area contributed by atoms with Crippen LogP contribution in [0.3, 0.4) is 0 Å². The SMILES string of the molecule is CCN(CCCNC(=NC)NCCn1cc(C)cn1)c1ccccc1.I. The average Bonchev–Trinajstić information content (AvgIpc) is 3.06. The van der Waals surface area contributed by atoms with Gasteiger partial charge in [0.2, 0.25) is 0 Å². The molecule has 1 heterocycles. The summed E-state index contributed by atoms with van der Waals surface area (Å²) in [6.07, 6.45) is 4.97. The second kappa shape index (κ2) is 12.6. The van der Waals surface area contributed by atoms with E-state index in [1.165, 1.54) is 11.3 Å². The Labute approximate surface area is 174 Å². The van der Waals surface area contributed by atoms with Gasteiger partial charge in [-0.15, -0.1) is 24.0 Å². The lowest BCUT2D eigenvalue weighted by Crippen LogP contribution is -2.40. The number of rotatable bonds is 9. The topological polar surface area (TPSA) is 57.5 Å². The first-order valence-electron chi connectivity index (χ1n) is 8.96. The molecule has 0 saturated heterocycles. The van der Waals surface area contributed by atoms with Crippen molar-refractivity contribution in [1.82, 2.24) is 20.4 Å². The Hall–Kier alpha value is -1.77. The summed E-state index contributed by atoms with van der Waals surface area (Å²) < 4.78 is 1.94. The van der Waals surface area contributed by atoms with Crippen molar-refractivity contribution >= 4 is 35.6 Å². The molecule has 0 amide bonds. The van der Waals surface area contributed by atoms with Gasteiger partial charge in [0.05, 0.1) is 12.7 Å². The molecule has 1 aromatic carbocycles. The summed E-state index contributed by atoms with van der Waals surface area (Å²) in [7, 11) is 1.80. The van der Waals surface area contributed by atoms with E-state index in [4.69, 9.17) is 0 Å². The Bertz CT molecular complexity index is 640. The summed E-state index contributed by atoms with van der Waals surface area (Å²) in [6, 6.07) is 10.5. The molecule has 0 atom stereocenters. The Morgan fingerprint density at radius 1 is 1.19 bits per heavy atom. The largest absolute Gasteiger partial charge is 0.372 e. The summed E-state index contributed by atoms with van der Waals surface area (Å²) in [5.74, 6) is 0.839.